The highest BCUT2D eigenvalue weighted by Crippen LogP contribution is 1.98. The van der Waals surface area contributed by atoms with Crippen LogP contribution < -0.4 is 5.32 Å². The standard InChI is InChI=1S/C18H33NO7/c1-3-5-17(21)6-4-8-23-10-13-26-15-18(22)19-7-9-24-11-12-25-14-16(2)20/h3-15H2,1-2H3,(H,19,22). The summed E-state index contributed by atoms with van der Waals surface area (Å²) >= 11 is 0. The number of Topliss-reactive ketones (excluding diaryl/α,β-unsaturated/α-hetero) is 2. The normalized spacial score (nSPS) is 10.7. The fourth-order valence-electron chi connectivity index (χ4n) is 1.91. The summed E-state index contributed by atoms with van der Waals surface area (Å²) < 4.78 is 20.8. The molecule has 26 heavy (non-hydrogen) atoms. The maximum absolute atomic E-state index is 11.5. The van der Waals surface area contributed by atoms with E-state index in [4.69, 9.17) is 18.9 Å². The van der Waals surface area contributed by atoms with Gasteiger partial charge < -0.3 is 24.3 Å². The molecule has 0 radical (unpaired) electrons. The topological polar surface area (TPSA) is 100 Å². The Kier molecular flexibility index (Phi) is 17.5. The molecule has 0 bridgehead atoms. The highest BCUT2D eigenvalue weighted by Gasteiger charge is 2.02. The number of carbonyl (C=O) groups excluding carboxylic acids is 3. The molecule has 8 heteroatoms. The van der Waals surface area contributed by atoms with Gasteiger partial charge in [-0.3, -0.25) is 14.4 Å². The molecule has 0 rings (SSSR count). The van der Waals surface area contributed by atoms with Gasteiger partial charge in [0.1, 0.15) is 19.0 Å². The first-order valence-electron chi connectivity index (χ1n) is 9.15. The van der Waals surface area contributed by atoms with Gasteiger partial charge in [-0.2, -0.15) is 0 Å². The van der Waals surface area contributed by atoms with Gasteiger partial charge in [-0.05, 0) is 19.8 Å². The van der Waals surface area contributed by atoms with Crippen LogP contribution >= 0.6 is 0 Å². The van der Waals surface area contributed by atoms with Crippen molar-refractivity contribution in [3.05, 3.63) is 0 Å². The minimum atomic E-state index is -0.216. The number of rotatable bonds is 19. The predicted molar refractivity (Wildman–Crippen MR) is 96.1 cm³/mol. The molecule has 0 aromatic carbocycles. The molecule has 0 spiro atoms. The van der Waals surface area contributed by atoms with E-state index in [2.05, 4.69) is 5.32 Å². The molecule has 1 amide bonds. The van der Waals surface area contributed by atoms with Gasteiger partial charge in [0.15, 0.2) is 5.78 Å². The van der Waals surface area contributed by atoms with Gasteiger partial charge in [-0.15, -0.1) is 0 Å². The van der Waals surface area contributed by atoms with E-state index in [9.17, 15) is 14.4 Å². The number of amides is 1. The molecule has 0 heterocycles. The maximum atomic E-state index is 11.5. The molecular formula is C18H33NO7. The van der Waals surface area contributed by atoms with Gasteiger partial charge in [0.25, 0.3) is 0 Å². The molecule has 0 atom stereocenters. The van der Waals surface area contributed by atoms with Crippen LogP contribution in [0.2, 0.25) is 0 Å². The fourth-order valence-corrected chi connectivity index (χ4v) is 1.91. The first kappa shape index (κ1) is 24.7. The van der Waals surface area contributed by atoms with Gasteiger partial charge in [0.2, 0.25) is 5.91 Å². The predicted octanol–water partition coefficient (Wildman–Crippen LogP) is 0.907. The van der Waals surface area contributed by atoms with Crippen molar-refractivity contribution in [1.29, 1.82) is 0 Å². The summed E-state index contributed by atoms with van der Waals surface area (Å²) in [6.45, 7) is 6.26. The first-order valence-corrected chi connectivity index (χ1v) is 9.15. The monoisotopic (exact) mass is 375 g/mol. The summed E-state index contributed by atoms with van der Waals surface area (Å²) in [5.74, 6) is 0.0351. The Morgan fingerprint density at radius 3 is 2.04 bits per heavy atom. The van der Waals surface area contributed by atoms with E-state index >= 15 is 0 Å². The second-order valence-electron chi connectivity index (χ2n) is 5.77. The van der Waals surface area contributed by atoms with Crippen LogP contribution in [0.4, 0.5) is 0 Å². The van der Waals surface area contributed by atoms with Crippen molar-refractivity contribution in [2.24, 2.45) is 0 Å². The van der Waals surface area contributed by atoms with Crippen molar-refractivity contribution in [1.82, 2.24) is 5.32 Å². The van der Waals surface area contributed by atoms with E-state index in [1.165, 1.54) is 6.92 Å². The number of ether oxygens (including phenoxy) is 4. The fraction of sp³-hybridized carbons (Fsp3) is 0.833. The van der Waals surface area contributed by atoms with Crippen molar-refractivity contribution in [2.45, 2.75) is 39.5 Å². The van der Waals surface area contributed by atoms with Crippen LogP contribution in [0.1, 0.15) is 39.5 Å². The van der Waals surface area contributed by atoms with Crippen LogP contribution in [-0.4, -0.2) is 76.9 Å². The van der Waals surface area contributed by atoms with Crippen molar-refractivity contribution in [2.75, 3.05) is 59.4 Å². The highest BCUT2D eigenvalue weighted by atomic mass is 16.5. The van der Waals surface area contributed by atoms with E-state index in [0.29, 0.717) is 59.0 Å². The molecule has 0 aromatic rings. The molecule has 0 aliphatic heterocycles. The Morgan fingerprint density at radius 2 is 1.38 bits per heavy atom. The summed E-state index contributed by atoms with van der Waals surface area (Å²) in [6, 6.07) is 0. The van der Waals surface area contributed by atoms with Crippen LogP contribution in [0.25, 0.3) is 0 Å². The first-order chi connectivity index (χ1) is 12.6. The SMILES string of the molecule is CCCC(=O)CCCOCCOCC(=O)NCCOCCOCC(C)=O. The lowest BCUT2D eigenvalue weighted by atomic mass is 10.1. The van der Waals surface area contributed by atoms with E-state index < -0.39 is 0 Å². The van der Waals surface area contributed by atoms with E-state index in [-0.39, 0.29) is 30.7 Å². The van der Waals surface area contributed by atoms with E-state index in [0.717, 1.165) is 12.8 Å². The van der Waals surface area contributed by atoms with E-state index in [1.54, 1.807) is 0 Å². The second kappa shape index (κ2) is 18.4. The Bertz CT molecular complexity index is 388. The zero-order chi connectivity index (χ0) is 19.5. The van der Waals surface area contributed by atoms with Crippen molar-refractivity contribution >= 4 is 17.5 Å². The average Bonchev–Trinajstić information content (AvgIpc) is 2.59. The Morgan fingerprint density at radius 1 is 0.769 bits per heavy atom. The average molecular weight is 375 g/mol. The lowest BCUT2D eigenvalue weighted by molar-refractivity contribution is -0.127. The second-order valence-corrected chi connectivity index (χ2v) is 5.77. The number of carbonyl (C=O) groups is 3. The maximum Gasteiger partial charge on any atom is 0.246 e. The molecule has 0 saturated carbocycles. The summed E-state index contributed by atoms with van der Waals surface area (Å²) in [5.41, 5.74) is 0. The van der Waals surface area contributed by atoms with Gasteiger partial charge >= 0.3 is 0 Å². The molecule has 0 aromatic heterocycles. The largest absolute Gasteiger partial charge is 0.379 e. The lowest BCUT2D eigenvalue weighted by Crippen LogP contribution is -2.31. The molecule has 152 valence electrons. The zero-order valence-electron chi connectivity index (χ0n) is 16.1. The van der Waals surface area contributed by atoms with Crippen molar-refractivity contribution in [3.63, 3.8) is 0 Å². The third-order valence-electron chi connectivity index (χ3n) is 3.12. The number of hydrogen-bond acceptors (Lipinski definition) is 7. The molecule has 1 N–H and O–H groups in total. The molecule has 0 aliphatic rings. The smallest absolute Gasteiger partial charge is 0.246 e. The third-order valence-corrected chi connectivity index (χ3v) is 3.12. The molecule has 0 fully saturated rings. The number of nitrogens with one attached hydrogen (secondary N) is 1. The summed E-state index contributed by atoms with van der Waals surface area (Å²) in [4.78, 5) is 33.4. The molecule has 0 saturated heterocycles. The van der Waals surface area contributed by atoms with Crippen LogP contribution in [0, 0.1) is 0 Å². The van der Waals surface area contributed by atoms with Crippen LogP contribution in [0.15, 0.2) is 0 Å². The minimum absolute atomic E-state index is 0.0234. The van der Waals surface area contributed by atoms with Crippen LogP contribution in [0.3, 0.4) is 0 Å². The summed E-state index contributed by atoms with van der Waals surface area (Å²) in [5, 5.41) is 2.67. The number of ketones is 2. The number of hydrogen-bond donors (Lipinski definition) is 1. The minimum Gasteiger partial charge on any atom is -0.379 e. The molecule has 0 unspecified atom stereocenters. The highest BCUT2D eigenvalue weighted by molar-refractivity contribution is 5.78. The quantitative estimate of drug-likeness (QED) is 0.335. The molecule has 0 aliphatic carbocycles. The Balaban J connectivity index is 3.24. The van der Waals surface area contributed by atoms with E-state index in [1.807, 2.05) is 6.92 Å². The zero-order valence-corrected chi connectivity index (χ0v) is 16.1. The van der Waals surface area contributed by atoms with Crippen molar-refractivity contribution < 1.29 is 33.3 Å². The van der Waals surface area contributed by atoms with Gasteiger partial charge in [-0.1, -0.05) is 6.92 Å². The van der Waals surface area contributed by atoms with Gasteiger partial charge in [0.05, 0.1) is 33.0 Å². The van der Waals surface area contributed by atoms with Gasteiger partial charge in [-0.25, -0.2) is 0 Å². The van der Waals surface area contributed by atoms with Gasteiger partial charge in [0, 0.05) is 26.0 Å². The third kappa shape index (κ3) is 19.0. The lowest BCUT2D eigenvalue weighted by Gasteiger charge is -2.08. The molecular weight excluding hydrogens is 342 g/mol. The summed E-state index contributed by atoms with van der Waals surface area (Å²) in [6.07, 6.45) is 2.80. The van der Waals surface area contributed by atoms with Crippen LogP contribution in [0.5, 0.6) is 0 Å². The summed E-state index contributed by atoms with van der Waals surface area (Å²) in [7, 11) is 0. The van der Waals surface area contributed by atoms with Crippen LogP contribution in [-0.2, 0) is 33.3 Å². The molecule has 8 nitrogen and oxygen atoms in total. The Hall–Kier alpha value is -1.35. The van der Waals surface area contributed by atoms with Crippen molar-refractivity contribution in [3.8, 4) is 0 Å². The Labute approximate surface area is 155 Å².